The van der Waals surface area contributed by atoms with E-state index in [1.54, 1.807) is 12.1 Å². The highest BCUT2D eigenvalue weighted by molar-refractivity contribution is 5.53. The molecule has 4 nitrogen and oxygen atoms in total. The number of benzene rings is 2. The monoisotopic (exact) mass is 269 g/mol. The Hall–Kier alpha value is -2.62. The standard InChI is InChI=1S/C16H15NO3/c1-13-7-9-16(10-8-13)20-11-3-5-14-4-2-6-15(12-14)17(18)19/h2-10,12H,11H2,1H3. The molecule has 0 unspecified atom stereocenters. The number of rotatable bonds is 5. The zero-order valence-electron chi connectivity index (χ0n) is 11.2. The number of nitro benzene ring substituents is 1. The number of nitro groups is 1. The molecular weight excluding hydrogens is 254 g/mol. The Morgan fingerprint density at radius 2 is 1.95 bits per heavy atom. The third kappa shape index (κ3) is 3.95. The molecule has 0 heterocycles. The van der Waals surface area contributed by atoms with Gasteiger partial charge < -0.3 is 4.74 Å². The molecule has 2 rings (SSSR count). The molecule has 102 valence electrons. The number of aryl methyl sites for hydroxylation is 1. The van der Waals surface area contributed by atoms with Crippen LogP contribution < -0.4 is 4.74 Å². The summed E-state index contributed by atoms with van der Waals surface area (Å²) in [6.45, 7) is 2.44. The quantitative estimate of drug-likeness (QED) is 0.609. The normalized spacial score (nSPS) is 10.7. The van der Waals surface area contributed by atoms with Crippen LogP contribution in [0, 0.1) is 17.0 Å². The second-order valence-electron chi connectivity index (χ2n) is 4.38. The predicted octanol–water partition coefficient (Wildman–Crippen LogP) is 4.00. The summed E-state index contributed by atoms with van der Waals surface area (Å²) in [7, 11) is 0. The topological polar surface area (TPSA) is 52.4 Å². The smallest absolute Gasteiger partial charge is 0.270 e. The third-order valence-corrected chi connectivity index (χ3v) is 2.76. The van der Waals surface area contributed by atoms with Gasteiger partial charge in [0.25, 0.3) is 5.69 Å². The molecule has 0 atom stereocenters. The second kappa shape index (κ2) is 6.52. The Morgan fingerprint density at radius 3 is 2.65 bits per heavy atom. The fraction of sp³-hybridized carbons (Fsp3) is 0.125. The van der Waals surface area contributed by atoms with Crippen LogP contribution in [0.4, 0.5) is 5.69 Å². The third-order valence-electron chi connectivity index (χ3n) is 2.76. The summed E-state index contributed by atoms with van der Waals surface area (Å²) in [6, 6.07) is 14.3. The van der Waals surface area contributed by atoms with Gasteiger partial charge in [-0.15, -0.1) is 0 Å². The van der Waals surface area contributed by atoms with Gasteiger partial charge in [0.05, 0.1) is 4.92 Å². The molecule has 0 bridgehead atoms. The molecular formula is C16H15NO3. The number of nitrogens with zero attached hydrogens (tertiary/aromatic N) is 1. The first kappa shape index (κ1) is 13.8. The number of hydrogen-bond acceptors (Lipinski definition) is 3. The summed E-state index contributed by atoms with van der Waals surface area (Å²) >= 11 is 0. The molecule has 2 aromatic rings. The van der Waals surface area contributed by atoms with Crippen LogP contribution >= 0.6 is 0 Å². The fourth-order valence-electron chi connectivity index (χ4n) is 1.71. The van der Waals surface area contributed by atoms with E-state index >= 15 is 0 Å². The minimum atomic E-state index is -0.403. The van der Waals surface area contributed by atoms with Crippen molar-refractivity contribution in [2.24, 2.45) is 0 Å². The van der Waals surface area contributed by atoms with E-state index in [1.807, 2.05) is 43.3 Å². The first-order chi connectivity index (χ1) is 9.65. The maximum Gasteiger partial charge on any atom is 0.270 e. The molecule has 0 N–H and O–H groups in total. The van der Waals surface area contributed by atoms with E-state index in [0.29, 0.717) is 6.61 Å². The van der Waals surface area contributed by atoms with Crippen molar-refractivity contribution in [3.8, 4) is 5.75 Å². The van der Waals surface area contributed by atoms with Gasteiger partial charge in [-0.2, -0.15) is 0 Å². The minimum absolute atomic E-state index is 0.0894. The number of non-ortho nitro benzene ring substituents is 1. The van der Waals surface area contributed by atoms with Crippen LogP contribution in [0.5, 0.6) is 5.75 Å². The number of ether oxygens (including phenoxy) is 1. The molecule has 0 saturated carbocycles. The first-order valence-corrected chi connectivity index (χ1v) is 6.25. The molecule has 20 heavy (non-hydrogen) atoms. The summed E-state index contributed by atoms with van der Waals surface area (Å²) in [5.74, 6) is 0.805. The Bertz CT molecular complexity index is 618. The predicted molar refractivity (Wildman–Crippen MR) is 78.8 cm³/mol. The lowest BCUT2D eigenvalue weighted by molar-refractivity contribution is -0.384. The highest BCUT2D eigenvalue weighted by atomic mass is 16.6. The van der Waals surface area contributed by atoms with Crippen LogP contribution in [0.2, 0.25) is 0 Å². The number of hydrogen-bond donors (Lipinski definition) is 0. The largest absolute Gasteiger partial charge is 0.490 e. The van der Waals surface area contributed by atoms with E-state index in [2.05, 4.69) is 0 Å². The highest BCUT2D eigenvalue weighted by Gasteiger charge is 2.03. The van der Waals surface area contributed by atoms with Gasteiger partial charge in [-0.1, -0.05) is 35.9 Å². The van der Waals surface area contributed by atoms with Crippen molar-refractivity contribution in [2.75, 3.05) is 6.61 Å². The van der Waals surface area contributed by atoms with Crippen molar-refractivity contribution in [3.05, 3.63) is 75.8 Å². The second-order valence-corrected chi connectivity index (χ2v) is 4.38. The van der Waals surface area contributed by atoms with Crippen LogP contribution in [0.25, 0.3) is 6.08 Å². The van der Waals surface area contributed by atoms with E-state index in [1.165, 1.54) is 17.7 Å². The van der Waals surface area contributed by atoms with E-state index in [0.717, 1.165) is 11.3 Å². The molecule has 2 aromatic carbocycles. The van der Waals surface area contributed by atoms with Gasteiger partial charge in [0.2, 0.25) is 0 Å². The van der Waals surface area contributed by atoms with Gasteiger partial charge in [-0.3, -0.25) is 10.1 Å². The van der Waals surface area contributed by atoms with Gasteiger partial charge in [0, 0.05) is 12.1 Å². The highest BCUT2D eigenvalue weighted by Crippen LogP contribution is 2.14. The zero-order chi connectivity index (χ0) is 14.4. The van der Waals surface area contributed by atoms with Crippen LogP contribution in [0.15, 0.2) is 54.6 Å². The van der Waals surface area contributed by atoms with Gasteiger partial charge in [0.15, 0.2) is 0 Å². The van der Waals surface area contributed by atoms with Gasteiger partial charge in [-0.05, 0) is 30.7 Å². The maximum absolute atomic E-state index is 10.7. The zero-order valence-corrected chi connectivity index (χ0v) is 11.2. The van der Waals surface area contributed by atoms with E-state index in [-0.39, 0.29) is 5.69 Å². The SMILES string of the molecule is Cc1ccc(OCC=Cc2cccc([N+](=O)[O-])c2)cc1. The van der Waals surface area contributed by atoms with Crippen molar-refractivity contribution < 1.29 is 9.66 Å². The van der Waals surface area contributed by atoms with Crippen LogP contribution in [0.3, 0.4) is 0 Å². The lowest BCUT2D eigenvalue weighted by Gasteiger charge is -2.02. The van der Waals surface area contributed by atoms with Gasteiger partial charge in [0.1, 0.15) is 12.4 Å². The summed E-state index contributed by atoms with van der Waals surface area (Å²) in [6.07, 6.45) is 3.64. The van der Waals surface area contributed by atoms with Crippen LogP contribution in [-0.4, -0.2) is 11.5 Å². The van der Waals surface area contributed by atoms with Crippen LogP contribution in [-0.2, 0) is 0 Å². The Kier molecular flexibility index (Phi) is 4.50. The molecule has 0 radical (unpaired) electrons. The first-order valence-electron chi connectivity index (χ1n) is 6.25. The maximum atomic E-state index is 10.7. The lowest BCUT2D eigenvalue weighted by atomic mass is 10.2. The molecule has 0 spiro atoms. The van der Waals surface area contributed by atoms with Crippen molar-refractivity contribution in [1.82, 2.24) is 0 Å². The molecule has 0 saturated heterocycles. The van der Waals surface area contributed by atoms with E-state index in [9.17, 15) is 10.1 Å². The Labute approximate surface area is 117 Å². The van der Waals surface area contributed by atoms with Crippen molar-refractivity contribution in [2.45, 2.75) is 6.92 Å². The fourth-order valence-corrected chi connectivity index (χ4v) is 1.71. The molecule has 0 fully saturated rings. The van der Waals surface area contributed by atoms with Crippen LogP contribution in [0.1, 0.15) is 11.1 Å². The van der Waals surface area contributed by atoms with Gasteiger partial charge in [-0.25, -0.2) is 0 Å². The molecule has 4 heteroatoms. The molecule has 0 aliphatic heterocycles. The molecule has 0 aromatic heterocycles. The van der Waals surface area contributed by atoms with Gasteiger partial charge >= 0.3 is 0 Å². The summed E-state index contributed by atoms with van der Waals surface area (Å²) in [5, 5.41) is 10.7. The Balaban J connectivity index is 1.91. The Morgan fingerprint density at radius 1 is 1.20 bits per heavy atom. The molecule has 0 amide bonds. The van der Waals surface area contributed by atoms with Crippen molar-refractivity contribution >= 4 is 11.8 Å². The molecule has 0 aliphatic rings. The average molecular weight is 269 g/mol. The van der Waals surface area contributed by atoms with E-state index in [4.69, 9.17) is 4.74 Å². The average Bonchev–Trinajstić information content (AvgIpc) is 2.46. The summed E-state index contributed by atoms with van der Waals surface area (Å²) in [4.78, 5) is 10.2. The van der Waals surface area contributed by atoms with E-state index < -0.39 is 4.92 Å². The molecule has 0 aliphatic carbocycles. The lowest BCUT2D eigenvalue weighted by Crippen LogP contribution is -1.93. The van der Waals surface area contributed by atoms with Crippen molar-refractivity contribution in [3.63, 3.8) is 0 Å². The summed E-state index contributed by atoms with van der Waals surface area (Å²) < 4.78 is 5.54. The summed E-state index contributed by atoms with van der Waals surface area (Å²) in [5.41, 5.74) is 2.06. The van der Waals surface area contributed by atoms with Crippen molar-refractivity contribution in [1.29, 1.82) is 0 Å². The minimum Gasteiger partial charge on any atom is -0.490 e.